The summed E-state index contributed by atoms with van der Waals surface area (Å²) in [6.45, 7) is 2.19. The SMILES string of the molecule is COC(=O)C(C)Cn1ccc(S(=O)(=O)N(Cc2ccc(OC)cc2)Cc2ccc(OC)cc2)n1. The molecule has 0 bridgehead atoms. The number of nitrogens with zero attached hydrogens (tertiary/aromatic N) is 3. The Morgan fingerprint density at radius 1 is 0.912 bits per heavy atom. The van der Waals surface area contributed by atoms with E-state index in [0.29, 0.717) is 11.5 Å². The van der Waals surface area contributed by atoms with E-state index in [1.165, 1.54) is 22.2 Å². The fraction of sp³-hybridized carbons (Fsp3) is 0.333. The molecule has 1 heterocycles. The Kier molecular flexibility index (Phi) is 8.30. The predicted molar refractivity (Wildman–Crippen MR) is 126 cm³/mol. The Balaban J connectivity index is 1.88. The van der Waals surface area contributed by atoms with Crippen molar-refractivity contribution in [1.82, 2.24) is 14.1 Å². The van der Waals surface area contributed by atoms with Gasteiger partial charge in [-0.15, -0.1) is 0 Å². The third-order valence-electron chi connectivity index (χ3n) is 5.32. The van der Waals surface area contributed by atoms with Crippen LogP contribution in [-0.2, 0) is 39.2 Å². The Morgan fingerprint density at radius 2 is 1.41 bits per heavy atom. The highest BCUT2D eigenvalue weighted by Crippen LogP contribution is 2.23. The second kappa shape index (κ2) is 11.2. The molecule has 0 N–H and O–H groups in total. The van der Waals surface area contributed by atoms with E-state index < -0.39 is 15.9 Å². The first-order valence-electron chi connectivity index (χ1n) is 10.6. The van der Waals surface area contributed by atoms with Gasteiger partial charge < -0.3 is 14.2 Å². The van der Waals surface area contributed by atoms with Gasteiger partial charge in [0.05, 0.1) is 33.8 Å². The minimum absolute atomic E-state index is 0.0911. The summed E-state index contributed by atoms with van der Waals surface area (Å²) in [6, 6.07) is 15.9. The number of esters is 1. The van der Waals surface area contributed by atoms with Crippen molar-refractivity contribution in [2.75, 3.05) is 21.3 Å². The maximum Gasteiger partial charge on any atom is 0.310 e. The summed E-state index contributed by atoms with van der Waals surface area (Å²) in [4.78, 5) is 11.7. The lowest BCUT2D eigenvalue weighted by molar-refractivity contribution is -0.145. The van der Waals surface area contributed by atoms with Crippen molar-refractivity contribution in [3.8, 4) is 11.5 Å². The van der Waals surface area contributed by atoms with Crippen LogP contribution in [0.4, 0.5) is 0 Å². The van der Waals surface area contributed by atoms with Crippen molar-refractivity contribution in [2.45, 2.75) is 31.6 Å². The molecule has 0 aliphatic rings. The predicted octanol–water partition coefficient (Wildman–Crippen LogP) is 3.10. The molecule has 0 saturated carbocycles. The summed E-state index contributed by atoms with van der Waals surface area (Å²) in [5, 5.41) is 4.15. The largest absolute Gasteiger partial charge is 0.497 e. The van der Waals surface area contributed by atoms with E-state index in [1.807, 2.05) is 24.3 Å². The molecule has 34 heavy (non-hydrogen) atoms. The number of aromatic nitrogens is 2. The highest BCUT2D eigenvalue weighted by Gasteiger charge is 2.28. The molecule has 182 valence electrons. The van der Waals surface area contributed by atoms with E-state index >= 15 is 0 Å². The average molecular weight is 488 g/mol. The van der Waals surface area contributed by atoms with Gasteiger partial charge in [-0.25, -0.2) is 8.42 Å². The first kappa shape index (κ1) is 25.3. The molecular formula is C24H29N3O6S. The summed E-state index contributed by atoms with van der Waals surface area (Å²) in [5.41, 5.74) is 1.60. The van der Waals surface area contributed by atoms with Crippen molar-refractivity contribution >= 4 is 16.0 Å². The quantitative estimate of drug-likeness (QED) is 0.383. The molecular weight excluding hydrogens is 458 g/mol. The van der Waals surface area contributed by atoms with Gasteiger partial charge in [0.15, 0.2) is 5.03 Å². The van der Waals surface area contributed by atoms with E-state index in [1.54, 1.807) is 51.6 Å². The van der Waals surface area contributed by atoms with Gasteiger partial charge >= 0.3 is 5.97 Å². The number of benzene rings is 2. The van der Waals surface area contributed by atoms with Crippen molar-refractivity contribution in [2.24, 2.45) is 5.92 Å². The Morgan fingerprint density at radius 3 is 1.85 bits per heavy atom. The molecule has 0 fully saturated rings. The van der Waals surface area contributed by atoms with Crippen molar-refractivity contribution in [1.29, 1.82) is 0 Å². The third-order valence-corrected chi connectivity index (χ3v) is 7.01. The number of ether oxygens (including phenoxy) is 3. The molecule has 1 unspecified atom stereocenters. The number of carbonyl (C=O) groups excluding carboxylic acids is 1. The van der Waals surface area contributed by atoms with Crippen LogP contribution >= 0.6 is 0 Å². The van der Waals surface area contributed by atoms with Crippen LogP contribution < -0.4 is 9.47 Å². The average Bonchev–Trinajstić information content (AvgIpc) is 3.33. The monoisotopic (exact) mass is 487 g/mol. The van der Waals surface area contributed by atoms with E-state index in [2.05, 4.69) is 5.10 Å². The van der Waals surface area contributed by atoms with Crippen LogP contribution in [0.1, 0.15) is 18.1 Å². The van der Waals surface area contributed by atoms with Gasteiger partial charge in [0.1, 0.15) is 11.5 Å². The minimum Gasteiger partial charge on any atom is -0.497 e. The highest BCUT2D eigenvalue weighted by molar-refractivity contribution is 7.89. The van der Waals surface area contributed by atoms with Crippen LogP contribution in [0.25, 0.3) is 0 Å². The minimum atomic E-state index is -3.95. The van der Waals surface area contributed by atoms with Crippen LogP contribution in [-0.4, -0.2) is 49.8 Å². The molecule has 0 radical (unpaired) electrons. The Hall–Kier alpha value is -3.37. The standard InChI is InChI=1S/C24H29N3O6S/c1-18(24(28)33-4)15-26-14-13-23(25-26)34(29,30)27(16-19-5-9-21(31-2)10-6-19)17-20-7-11-22(32-3)12-8-20/h5-14,18H,15-17H2,1-4H3. The topological polar surface area (TPSA) is 100.0 Å². The van der Waals surface area contributed by atoms with Gasteiger partial charge in [0.2, 0.25) is 0 Å². The van der Waals surface area contributed by atoms with Crippen LogP contribution in [0.3, 0.4) is 0 Å². The lowest BCUT2D eigenvalue weighted by Gasteiger charge is -2.21. The van der Waals surface area contributed by atoms with Gasteiger partial charge in [-0.05, 0) is 41.5 Å². The molecule has 0 saturated heterocycles. The molecule has 0 aliphatic carbocycles. The van der Waals surface area contributed by atoms with Crippen molar-refractivity contribution in [3.05, 3.63) is 71.9 Å². The first-order valence-corrected chi connectivity index (χ1v) is 12.1. The van der Waals surface area contributed by atoms with Gasteiger partial charge in [0, 0.05) is 19.3 Å². The summed E-state index contributed by atoms with van der Waals surface area (Å²) < 4.78 is 45.1. The number of carbonyl (C=O) groups is 1. The molecule has 0 spiro atoms. The molecule has 0 amide bonds. The summed E-state index contributed by atoms with van der Waals surface area (Å²) >= 11 is 0. The number of methoxy groups -OCH3 is 3. The van der Waals surface area contributed by atoms with Crippen LogP contribution in [0.2, 0.25) is 0 Å². The normalized spacial score (nSPS) is 12.4. The molecule has 10 heteroatoms. The fourth-order valence-electron chi connectivity index (χ4n) is 3.37. The second-order valence-electron chi connectivity index (χ2n) is 7.77. The summed E-state index contributed by atoms with van der Waals surface area (Å²) in [7, 11) is 0.519. The zero-order valence-electron chi connectivity index (χ0n) is 19.7. The first-order chi connectivity index (χ1) is 16.3. The van der Waals surface area contributed by atoms with E-state index in [0.717, 1.165) is 11.1 Å². The number of sulfonamides is 1. The van der Waals surface area contributed by atoms with Gasteiger partial charge in [-0.2, -0.15) is 9.40 Å². The zero-order chi connectivity index (χ0) is 24.7. The van der Waals surface area contributed by atoms with Crippen LogP contribution in [0.5, 0.6) is 11.5 Å². The van der Waals surface area contributed by atoms with E-state index in [4.69, 9.17) is 14.2 Å². The molecule has 9 nitrogen and oxygen atoms in total. The van der Waals surface area contributed by atoms with Crippen LogP contribution in [0.15, 0.2) is 65.8 Å². The molecule has 2 aromatic carbocycles. The maximum atomic E-state index is 13.6. The second-order valence-corrected chi connectivity index (χ2v) is 9.65. The highest BCUT2D eigenvalue weighted by atomic mass is 32.2. The van der Waals surface area contributed by atoms with Gasteiger partial charge in [-0.3, -0.25) is 9.48 Å². The Bertz CT molecular complexity index is 1140. The van der Waals surface area contributed by atoms with E-state index in [9.17, 15) is 13.2 Å². The third kappa shape index (κ3) is 6.15. The van der Waals surface area contributed by atoms with Gasteiger partial charge in [0.25, 0.3) is 10.0 Å². The van der Waals surface area contributed by atoms with Crippen molar-refractivity contribution < 1.29 is 27.4 Å². The molecule has 3 aromatic rings. The number of hydrogen-bond donors (Lipinski definition) is 0. The van der Waals surface area contributed by atoms with E-state index in [-0.39, 0.29) is 30.6 Å². The Labute approximate surface area is 199 Å². The molecule has 1 aromatic heterocycles. The van der Waals surface area contributed by atoms with Crippen molar-refractivity contribution in [3.63, 3.8) is 0 Å². The summed E-state index contributed by atoms with van der Waals surface area (Å²) in [5.74, 6) is 0.522. The molecule has 3 rings (SSSR count). The van der Waals surface area contributed by atoms with Gasteiger partial charge in [-0.1, -0.05) is 31.2 Å². The smallest absolute Gasteiger partial charge is 0.310 e. The number of rotatable bonds is 11. The lowest BCUT2D eigenvalue weighted by atomic mass is 10.2. The summed E-state index contributed by atoms with van der Waals surface area (Å²) in [6.07, 6.45) is 1.55. The van der Waals surface area contributed by atoms with Crippen LogP contribution in [0, 0.1) is 5.92 Å². The molecule has 1 atom stereocenters. The number of hydrogen-bond acceptors (Lipinski definition) is 7. The maximum absolute atomic E-state index is 13.6. The molecule has 0 aliphatic heterocycles. The zero-order valence-corrected chi connectivity index (χ0v) is 20.5. The lowest BCUT2D eigenvalue weighted by Crippen LogP contribution is -2.31. The fourth-order valence-corrected chi connectivity index (χ4v) is 4.71.